The summed E-state index contributed by atoms with van der Waals surface area (Å²) in [4.78, 5) is 10.5. The monoisotopic (exact) mass is 165 g/mol. The molecule has 0 aliphatic rings. The zero-order valence-corrected chi connectivity index (χ0v) is 6.95. The van der Waals surface area contributed by atoms with Crippen LogP contribution >= 0.6 is 0 Å². The summed E-state index contributed by atoms with van der Waals surface area (Å²) in [5.74, 6) is -0.893. The minimum Gasteiger partial charge on any atom is -0.478 e. The maximum absolute atomic E-state index is 10.5. The molecule has 0 amide bonds. The van der Waals surface area contributed by atoms with Crippen molar-refractivity contribution < 1.29 is 9.90 Å². The van der Waals surface area contributed by atoms with E-state index in [9.17, 15) is 4.79 Å². The van der Waals surface area contributed by atoms with E-state index in [2.05, 4.69) is 6.58 Å². The van der Waals surface area contributed by atoms with Crippen LogP contribution in [0.3, 0.4) is 0 Å². The smallest absolute Gasteiger partial charge is 0.337 e. The molecule has 0 aliphatic carbocycles. The number of hydrogen-bond donors (Lipinski definition) is 1. The summed E-state index contributed by atoms with van der Waals surface area (Å²) < 4.78 is 1.80. The Morgan fingerprint density at radius 3 is 2.83 bits per heavy atom. The van der Waals surface area contributed by atoms with Crippen molar-refractivity contribution in [3.63, 3.8) is 0 Å². The first-order valence-electron chi connectivity index (χ1n) is 3.63. The maximum Gasteiger partial charge on any atom is 0.337 e. The molecule has 0 aliphatic heterocycles. The van der Waals surface area contributed by atoms with Crippen LogP contribution in [0, 0.1) is 0 Å². The van der Waals surface area contributed by atoms with Gasteiger partial charge in [-0.25, -0.2) is 4.79 Å². The van der Waals surface area contributed by atoms with Crippen LogP contribution in [0.15, 0.2) is 30.6 Å². The average molecular weight is 165 g/mol. The average Bonchev–Trinajstić information content (AvgIpc) is 2.34. The van der Waals surface area contributed by atoms with Gasteiger partial charge < -0.3 is 9.67 Å². The zero-order chi connectivity index (χ0) is 9.14. The minimum atomic E-state index is -0.893. The quantitative estimate of drug-likeness (QED) is 0.693. The van der Waals surface area contributed by atoms with Crippen LogP contribution in [0.2, 0.25) is 0 Å². The number of hydrogen-bond acceptors (Lipinski definition) is 1. The number of aromatic carboxylic acids is 1. The van der Waals surface area contributed by atoms with Crippen molar-refractivity contribution in [1.82, 2.24) is 4.57 Å². The molecule has 1 aromatic heterocycles. The Bertz CT molecular complexity index is 312. The molecule has 64 valence electrons. The van der Waals surface area contributed by atoms with Crippen molar-refractivity contribution in [2.45, 2.75) is 13.5 Å². The van der Waals surface area contributed by atoms with Crippen molar-refractivity contribution >= 4 is 5.97 Å². The Labute approximate surface area is 70.9 Å². The molecule has 0 saturated heterocycles. The summed E-state index contributed by atoms with van der Waals surface area (Å²) in [6, 6.07) is 1.57. The van der Waals surface area contributed by atoms with E-state index in [1.807, 2.05) is 6.92 Å². The first-order chi connectivity index (χ1) is 5.59. The summed E-state index contributed by atoms with van der Waals surface area (Å²) in [7, 11) is 0. The zero-order valence-electron chi connectivity index (χ0n) is 6.95. The molecule has 0 saturated carbocycles. The third-order valence-corrected chi connectivity index (χ3v) is 1.45. The molecule has 0 unspecified atom stereocenters. The standard InChI is InChI=1S/C9H11NO2/c1-7(2)5-10-4-3-8(6-10)9(11)12/h3-4,6H,1,5H2,2H3,(H,11,12). The summed E-state index contributed by atoms with van der Waals surface area (Å²) in [6.07, 6.45) is 3.33. The summed E-state index contributed by atoms with van der Waals surface area (Å²) in [5.41, 5.74) is 1.32. The maximum atomic E-state index is 10.5. The second-order valence-electron chi connectivity index (χ2n) is 2.83. The molecule has 0 radical (unpaired) electrons. The first kappa shape index (κ1) is 8.59. The predicted octanol–water partition coefficient (Wildman–Crippen LogP) is 1.76. The van der Waals surface area contributed by atoms with Gasteiger partial charge in [0.05, 0.1) is 5.56 Å². The normalized spacial score (nSPS) is 9.75. The van der Waals surface area contributed by atoms with E-state index < -0.39 is 5.97 Å². The van der Waals surface area contributed by atoms with Crippen LogP contribution in [0.25, 0.3) is 0 Å². The number of carboxylic acid groups (broad SMARTS) is 1. The van der Waals surface area contributed by atoms with E-state index in [-0.39, 0.29) is 0 Å². The highest BCUT2D eigenvalue weighted by atomic mass is 16.4. The Morgan fingerprint density at radius 2 is 2.42 bits per heavy atom. The highest BCUT2D eigenvalue weighted by molar-refractivity contribution is 5.87. The molecule has 0 atom stereocenters. The Kier molecular flexibility index (Phi) is 2.33. The Balaban J connectivity index is 2.77. The van der Waals surface area contributed by atoms with Crippen LogP contribution in [-0.4, -0.2) is 15.6 Å². The van der Waals surface area contributed by atoms with Gasteiger partial charge in [-0.2, -0.15) is 0 Å². The van der Waals surface area contributed by atoms with E-state index in [0.29, 0.717) is 12.1 Å². The van der Waals surface area contributed by atoms with Crippen LogP contribution < -0.4 is 0 Å². The highest BCUT2D eigenvalue weighted by Crippen LogP contribution is 2.03. The first-order valence-corrected chi connectivity index (χ1v) is 3.63. The molecule has 0 bridgehead atoms. The summed E-state index contributed by atoms with van der Waals surface area (Å²) in [6.45, 7) is 6.31. The lowest BCUT2D eigenvalue weighted by Gasteiger charge is -1.99. The summed E-state index contributed by atoms with van der Waals surface area (Å²) in [5, 5.41) is 8.60. The molecule has 0 fully saturated rings. The van der Waals surface area contributed by atoms with Crippen molar-refractivity contribution in [2.24, 2.45) is 0 Å². The lowest BCUT2D eigenvalue weighted by Crippen LogP contribution is -1.96. The predicted molar refractivity (Wildman–Crippen MR) is 46.2 cm³/mol. The van der Waals surface area contributed by atoms with Crippen LogP contribution in [0.5, 0.6) is 0 Å². The molecule has 1 N–H and O–H groups in total. The molecule has 0 spiro atoms. The van der Waals surface area contributed by atoms with Crippen LogP contribution in [0.4, 0.5) is 0 Å². The van der Waals surface area contributed by atoms with Crippen molar-refractivity contribution in [3.05, 3.63) is 36.2 Å². The minimum absolute atomic E-state index is 0.316. The molecule has 1 heterocycles. The van der Waals surface area contributed by atoms with E-state index >= 15 is 0 Å². The molecule has 3 heteroatoms. The SMILES string of the molecule is C=C(C)Cn1ccc(C(=O)O)c1. The van der Waals surface area contributed by atoms with Crippen molar-refractivity contribution in [2.75, 3.05) is 0 Å². The number of carbonyl (C=O) groups is 1. The Morgan fingerprint density at radius 1 is 1.75 bits per heavy atom. The topological polar surface area (TPSA) is 42.2 Å². The van der Waals surface area contributed by atoms with Crippen molar-refractivity contribution in [3.8, 4) is 0 Å². The van der Waals surface area contributed by atoms with Gasteiger partial charge >= 0.3 is 5.97 Å². The Hall–Kier alpha value is -1.51. The number of allylic oxidation sites excluding steroid dienone is 1. The summed E-state index contributed by atoms with van der Waals surface area (Å²) >= 11 is 0. The molecular weight excluding hydrogens is 154 g/mol. The molecule has 0 aromatic carbocycles. The largest absolute Gasteiger partial charge is 0.478 e. The van der Waals surface area contributed by atoms with E-state index in [4.69, 9.17) is 5.11 Å². The van der Waals surface area contributed by atoms with Gasteiger partial charge in [0, 0.05) is 18.9 Å². The third kappa shape index (κ3) is 1.99. The number of carboxylic acids is 1. The number of aromatic nitrogens is 1. The second kappa shape index (κ2) is 3.26. The third-order valence-electron chi connectivity index (χ3n) is 1.45. The number of nitrogens with zero attached hydrogens (tertiary/aromatic N) is 1. The van der Waals surface area contributed by atoms with E-state index in [0.717, 1.165) is 5.57 Å². The molecule has 12 heavy (non-hydrogen) atoms. The van der Waals surface area contributed by atoms with Gasteiger partial charge in [-0.15, -0.1) is 0 Å². The lowest BCUT2D eigenvalue weighted by molar-refractivity contribution is 0.0697. The van der Waals surface area contributed by atoms with Gasteiger partial charge in [0.25, 0.3) is 0 Å². The van der Waals surface area contributed by atoms with Gasteiger partial charge in [0.2, 0.25) is 0 Å². The van der Waals surface area contributed by atoms with Gasteiger partial charge in [0.15, 0.2) is 0 Å². The van der Waals surface area contributed by atoms with Gasteiger partial charge in [-0.05, 0) is 13.0 Å². The molecular formula is C9H11NO2. The van der Waals surface area contributed by atoms with Gasteiger partial charge in [0.1, 0.15) is 0 Å². The van der Waals surface area contributed by atoms with Gasteiger partial charge in [-0.1, -0.05) is 12.2 Å². The van der Waals surface area contributed by atoms with E-state index in [1.54, 1.807) is 23.0 Å². The van der Waals surface area contributed by atoms with Crippen molar-refractivity contribution in [1.29, 1.82) is 0 Å². The van der Waals surface area contributed by atoms with Gasteiger partial charge in [-0.3, -0.25) is 0 Å². The molecule has 3 nitrogen and oxygen atoms in total. The lowest BCUT2D eigenvalue weighted by atomic mass is 10.3. The van der Waals surface area contributed by atoms with Crippen LogP contribution in [-0.2, 0) is 6.54 Å². The molecule has 1 aromatic rings. The fourth-order valence-corrected chi connectivity index (χ4v) is 0.977. The highest BCUT2D eigenvalue weighted by Gasteiger charge is 2.03. The van der Waals surface area contributed by atoms with Crippen LogP contribution in [0.1, 0.15) is 17.3 Å². The molecule has 1 rings (SSSR count). The second-order valence-corrected chi connectivity index (χ2v) is 2.83. The fourth-order valence-electron chi connectivity index (χ4n) is 0.977. The fraction of sp³-hybridized carbons (Fsp3) is 0.222. The van der Waals surface area contributed by atoms with E-state index in [1.165, 1.54) is 0 Å². The number of rotatable bonds is 3.